The van der Waals surface area contributed by atoms with Crippen molar-refractivity contribution in [1.82, 2.24) is 4.98 Å². The molecule has 0 saturated heterocycles. The van der Waals surface area contributed by atoms with Crippen molar-refractivity contribution in [3.8, 4) is 0 Å². The van der Waals surface area contributed by atoms with E-state index in [1.165, 1.54) is 7.11 Å². The van der Waals surface area contributed by atoms with Gasteiger partial charge in [0.15, 0.2) is 0 Å². The average Bonchev–Trinajstić information content (AvgIpc) is 2.30. The molecule has 0 aromatic carbocycles. The smallest absolute Gasteiger partial charge is 0.340 e. The van der Waals surface area contributed by atoms with Crippen molar-refractivity contribution in [3.05, 3.63) is 17.8 Å². The highest BCUT2D eigenvalue weighted by Gasteiger charge is 2.13. The normalized spacial score (nSPS) is 10.4. The van der Waals surface area contributed by atoms with Gasteiger partial charge in [-0.3, -0.25) is 0 Å². The molecule has 17 heavy (non-hydrogen) atoms. The molecule has 0 aliphatic heterocycles. The Balaban J connectivity index is 2.76. The Hall–Kier alpha value is -1.78. The van der Waals surface area contributed by atoms with Crippen LogP contribution in [0.3, 0.4) is 0 Å². The summed E-state index contributed by atoms with van der Waals surface area (Å²) in [6.45, 7) is 5.06. The highest BCUT2D eigenvalue weighted by atomic mass is 16.5. The summed E-state index contributed by atoms with van der Waals surface area (Å²) in [5, 5.41) is 3.12. The van der Waals surface area contributed by atoms with E-state index in [1.807, 2.05) is 0 Å². The van der Waals surface area contributed by atoms with E-state index >= 15 is 0 Å². The molecule has 5 nitrogen and oxygen atoms in total. The van der Waals surface area contributed by atoms with Gasteiger partial charge >= 0.3 is 5.97 Å². The van der Waals surface area contributed by atoms with Gasteiger partial charge in [0.2, 0.25) is 0 Å². The highest BCUT2D eigenvalue weighted by molar-refractivity contribution is 5.97. The molecule has 3 N–H and O–H groups in total. The van der Waals surface area contributed by atoms with Crippen molar-refractivity contribution in [2.24, 2.45) is 5.92 Å². The van der Waals surface area contributed by atoms with Crippen LogP contribution in [0.2, 0.25) is 0 Å². The summed E-state index contributed by atoms with van der Waals surface area (Å²) in [7, 11) is 1.33. The number of hydrogen-bond acceptors (Lipinski definition) is 5. The molecule has 1 heterocycles. The number of carbonyl (C=O) groups is 1. The first-order chi connectivity index (χ1) is 8.06. The number of esters is 1. The number of nitrogens with one attached hydrogen (secondary N) is 1. The second-order valence-electron chi connectivity index (χ2n) is 4.22. The fourth-order valence-electron chi connectivity index (χ4n) is 1.38. The summed E-state index contributed by atoms with van der Waals surface area (Å²) in [5.41, 5.74) is 6.53. The van der Waals surface area contributed by atoms with Crippen molar-refractivity contribution in [3.63, 3.8) is 0 Å². The zero-order valence-electron chi connectivity index (χ0n) is 10.5. The molecule has 1 aromatic heterocycles. The largest absolute Gasteiger partial charge is 0.465 e. The van der Waals surface area contributed by atoms with Gasteiger partial charge in [0.25, 0.3) is 0 Å². The molecule has 0 unspecified atom stereocenters. The molecule has 5 heteroatoms. The number of pyridine rings is 1. The standard InChI is InChI=1S/C12H19N3O2/c1-8(2)4-6-14-11-10(13)9(5-7-15-11)12(16)17-3/h5,7-8H,4,6,13H2,1-3H3,(H,14,15). The fraction of sp³-hybridized carbons (Fsp3) is 0.500. The van der Waals surface area contributed by atoms with E-state index in [0.29, 0.717) is 23.0 Å². The quantitative estimate of drug-likeness (QED) is 0.765. The van der Waals surface area contributed by atoms with Crippen molar-refractivity contribution < 1.29 is 9.53 Å². The monoisotopic (exact) mass is 237 g/mol. The Morgan fingerprint density at radius 2 is 2.29 bits per heavy atom. The predicted octanol–water partition coefficient (Wildman–Crippen LogP) is 1.91. The minimum atomic E-state index is -0.447. The van der Waals surface area contributed by atoms with Gasteiger partial charge in [-0.05, 0) is 18.4 Å². The summed E-state index contributed by atoms with van der Waals surface area (Å²) >= 11 is 0. The number of carbonyl (C=O) groups excluding carboxylic acids is 1. The first kappa shape index (κ1) is 13.3. The molecular weight excluding hydrogens is 218 g/mol. The van der Waals surface area contributed by atoms with Crippen LogP contribution < -0.4 is 11.1 Å². The van der Waals surface area contributed by atoms with Crippen molar-refractivity contribution in [2.45, 2.75) is 20.3 Å². The van der Waals surface area contributed by atoms with E-state index in [9.17, 15) is 4.79 Å². The first-order valence-corrected chi connectivity index (χ1v) is 5.63. The van der Waals surface area contributed by atoms with Crippen LogP contribution in [0.1, 0.15) is 30.6 Å². The van der Waals surface area contributed by atoms with Gasteiger partial charge in [0.05, 0.1) is 18.4 Å². The van der Waals surface area contributed by atoms with Crippen molar-refractivity contribution in [2.75, 3.05) is 24.7 Å². The lowest BCUT2D eigenvalue weighted by Gasteiger charge is -2.11. The molecule has 1 rings (SSSR count). The van der Waals surface area contributed by atoms with Crippen molar-refractivity contribution >= 4 is 17.5 Å². The third kappa shape index (κ3) is 3.62. The third-order valence-electron chi connectivity index (χ3n) is 2.41. The van der Waals surface area contributed by atoms with Crippen LogP contribution in [0.15, 0.2) is 12.3 Å². The highest BCUT2D eigenvalue weighted by Crippen LogP contribution is 2.20. The molecule has 1 aromatic rings. The molecule has 0 spiro atoms. The van der Waals surface area contributed by atoms with E-state index in [1.54, 1.807) is 12.3 Å². The van der Waals surface area contributed by atoms with Gasteiger partial charge < -0.3 is 15.8 Å². The Labute approximate surface area is 101 Å². The lowest BCUT2D eigenvalue weighted by Crippen LogP contribution is -2.12. The van der Waals surface area contributed by atoms with E-state index in [0.717, 1.165) is 13.0 Å². The van der Waals surface area contributed by atoms with Crippen molar-refractivity contribution in [1.29, 1.82) is 0 Å². The van der Waals surface area contributed by atoms with Crippen LogP contribution in [-0.4, -0.2) is 24.6 Å². The molecule has 0 saturated carbocycles. The topological polar surface area (TPSA) is 77.2 Å². The van der Waals surface area contributed by atoms with Gasteiger partial charge in [0.1, 0.15) is 5.82 Å². The molecule has 0 radical (unpaired) electrons. The fourth-order valence-corrected chi connectivity index (χ4v) is 1.38. The number of aromatic nitrogens is 1. The number of nitrogens with zero attached hydrogens (tertiary/aromatic N) is 1. The van der Waals surface area contributed by atoms with Gasteiger partial charge in [0, 0.05) is 12.7 Å². The van der Waals surface area contributed by atoms with Gasteiger partial charge in [-0.2, -0.15) is 0 Å². The summed E-state index contributed by atoms with van der Waals surface area (Å²) in [6.07, 6.45) is 2.56. The summed E-state index contributed by atoms with van der Waals surface area (Å²) < 4.78 is 4.64. The van der Waals surface area contributed by atoms with E-state index in [-0.39, 0.29) is 0 Å². The van der Waals surface area contributed by atoms with Crippen LogP contribution in [-0.2, 0) is 4.74 Å². The summed E-state index contributed by atoms with van der Waals surface area (Å²) in [4.78, 5) is 15.5. The molecule has 0 bridgehead atoms. The number of hydrogen-bond donors (Lipinski definition) is 2. The second-order valence-corrected chi connectivity index (χ2v) is 4.22. The summed E-state index contributed by atoms with van der Waals surface area (Å²) in [5.74, 6) is 0.692. The van der Waals surface area contributed by atoms with E-state index in [4.69, 9.17) is 5.73 Å². The molecule has 0 aliphatic rings. The lowest BCUT2D eigenvalue weighted by atomic mass is 10.1. The Bertz CT molecular complexity index is 391. The number of anilines is 2. The van der Waals surface area contributed by atoms with Crippen LogP contribution in [0.4, 0.5) is 11.5 Å². The minimum Gasteiger partial charge on any atom is -0.465 e. The molecular formula is C12H19N3O2. The molecule has 0 aliphatic carbocycles. The maximum Gasteiger partial charge on any atom is 0.340 e. The van der Waals surface area contributed by atoms with Crippen LogP contribution in [0.25, 0.3) is 0 Å². The maximum absolute atomic E-state index is 11.4. The van der Waals surface area contributed by atoms with Crippen LogP contribution in [0.5, 0.6) is 0 Å². The molecule has 0 amide bonds. The van der Waals surface area contributed by atoms with E-state index < -0.39 is 5.97 Å². The maximum atomic E-state index is 11.4. The Morgan fingerprint density at radius 3 is 2.88 bits per heavy atom. The van der Waals surface area contributed by atoms with Gasteiger partial charge in [-0.1, -0.05) is 13.8 Å². The molecule has 94 valence electrons. The minimum absolute atomic E-state index is 0.336. The zero-order valence-corrected chi connectivity index (χ0v) is 10.5. The number of nitrogens with two attached hydrogens (primary N) is 1. The number of rotatable bonds is 5. The van der Waals surface area contributed by atoms with E-state index in [2.05, 4.69) is 28.9 Å². The summed E-state index contributed by atoms with van der Waals surface area (Å²) in [6, 6.07) is 1.55. The number of methoxy groups -OCH3 is 1. The predicted molar refractivity (Wildman–Crippen MR) is 67.9 cm³/mol. The van der Waals surface area contributed by atoms with Gasteiger partial charge in [-0.15, -0.1) is 0 Å². The van der Waals surface area contributed by atoms with Crippen LogP contribution >= 0.6 is 0 Å². The SMILES string of the molecule is COC(=O)c1ccnc(NCCC(C)C)c1N. The molecule has 0 fully saturated rings. The second kappa shape index (κ2) is 6.08. The average molecular weight is 237 g/mol. The number of ether oxygens (including phenoxy) is 1. The molecule has 0 atom stereocenters. The third-order valence-corrected chi connectivity index (χ3v) is 2.41. The van der Waals surface area contributed by atoms with Crippen LogP contribution in [0, 0.1) is 5.92 Å². The number of nitrogen functional groups attached to an aromatic ring is 1. The zero-order chi connectivity index (χ0) is 12.8. The van der Waals surface area contributed by atoms with Gasteiger partial charge in [-0.25, -0.2) is 9.78 Å². The Morgan fingerprint density at radius 1 is 1.59 bits per heavy atom. The lowest BCUT2D eigenvalue weighted by molar-refractivity contribution is 0.0602. The Kier molecular flexibility index (Phi) is 4.75. The first-order valence-electron chi connectivity index (χ1n) is 5.63.